The van der Waals surface area contributed by atoms with Gasteiger partial charge in [0.15, 0.2) is 5.65 Å². The average Bonchev–Trinajstić information content (AvgIpc) is 3.17. The van der Waals surface area contributed by atoms with E-state index in [-0.39, 0.29) is 0 Å². The predicted molar refractivity (Wildman–Crippen MR) is 82.5 cm³/mol. The van der Waals surface area contributed by atoms with Crippen LogP contribution >= 0.6 is 0 Å². The van der Waals surface area contributed by atoms with Gasteiger partial charge in [-0.15, -0.1) is 0 Å². The molecule has 21 heavy (non-hydrogen) atoms. The van der Waals surface area contributed by atoms with Crippen molar-refractivity contribution in [1.29, 1.82) is 0 Å². The van der Waals surface area contributed by atoms with E-state index in [9.17, 15) is 0 Å². The maximum atomic E-state index is 4.63. The highest BCUT2D eigenvalue weighted by molar-refractivity contribution is 5.73. The van der Waals surface area contributed by atoms with Gasteiger partial charge < -0.3 is 5.32 Å². The van der Waals surface area contributed by atoms with E-state index in [1.807, 2.05) is 41.2 Å². The Labute approximate surface area is 123 Å². The molecule has 1 fully saturated rings. The van der Waals surface area contributed by atoms with Crippen molar-refractivity contribution in [3.8, 4) is 5.69 Å². The van der Waals surface area contributed by atoms with Crippen molar-refractivity contribution in [2.24, 2.45) is 0 Å². The molecule has 2 heterocycles. The minimum Gasteiger partial charge on any atom is -0.366 e. The van der Waals surface area contributed by atoms with Crippen LogP contribution in [-0.4, -0.2) is 25.8 Å². The van der Waals surface area contributed by atoms with Crippen LogP contribution in [0.2, 0.25) is 0 Å². The van der Waals surface area contributed by atoms with E-state index in [0.29, 0.717) is 6.04 Å². The fraction of sp³-hybridized carbons (Fsp3) is 0.312. The van der Waals surface area contributed by atoms with Gasteiger partial charge in [0.25, 0.3) is 0 Å². The molecule has 0 atom stereocenters. The number of para-hydroxylation sites is 1. The average molecular weight is 279 g/mol. The van der Waals surface area contributed by atoms with E-state index in [1.54, 1.807) is 6.20 Å². The molecule has 1 saturated carbocycles. The van der Waals surface area contributed by atoms with E-state index in [1.165, 1.54) is 25.7 Å². The second-order valence-electron chi connectivity index (χ2n) is 5.48. The SMILES string of the molecule is c1ccc(-n2ncc3nc(NC4CCCC4)cnc32)cc1. The van der Waals surface area contributed by atoms with Crippen LogP contribution in [0.25, 0.3) is 16.9 Å². The van der Waals surface area contributed by atoms with Crippen LogP contribution in [0.4, 0.5) is 5.82 Å². The van der Waals surface area contributed by atoms with Gasteiger partial charge in [-0.3, -0.25) is 0 Å². The highest BCUT2D eigenvalue weighted by atomic mass is 15.3. The lowest BCUT2D eigenvalue weighted by Crippen LogP contribution is -2.15. The third kappa shape index (κ3) is 2.35. The standard InChI is InChI=1S/C16H17N5/c1-2-8-13(9-3-1)21-16-14(10-18-21)20-15(11-17-16)19-12-6-4-5-7-12/h1-3,8-12H,4-7H2,(H,19,20). The quantitative estimate of drug-likeness (QED) is 0.800. The maximum absolute atomic E-state index is 4.63. The Hall–Kier alpha value is -2.43. The van der Waals surface area contributed by atoms with Gasteiger partial charge in [-0.05, 0) is 25.0 Å². The molecule has 3 aromatic rings. The molecule has 1 aromatic carbocycles. The van der Waals surface area contributed by atoms with E-state index < -0.39 is 0 Å². The number of hydrogen-bond donors (Lipinski definition) is 1. The van der Waals surface area contributed by atoms with Crippen LogP contribution in [0.15, 0.2) is 42.7 Å². The summed E-state index contributed by atoms with van der Waals surface area (Å²) in [6, 6.07) is 10.5. The second kappa shape index (κ2) is 5.16. The molecule has 5 nitrogen and oxygen atoms in total. The van der Waals surface area contributed by atoms with Crippen molar-refractivity contribution in [2.45, 2.75) is 31.7 Å². The van der Waals surface area contributed by atoms with Crippen LogP contribution in [0.1, 0.15) is 25.7 Å². The zero-order chi connectivity index (χ0) is 14.1. The number of hydrogen-bond acceptors (Lipinski definition) is 4. The molecule has 0 unspecified atom stereocenters. The number of rotatable bonds is 3. The van der Waals surface area contributed by atoms with Crippen molar-refractivity contribution in [2.75, 3.05) is 5.32 Å². The zero-order valence-electron chi connectivity index (χ0n) is 11.7. The van der Waals surface area contributed by atoms with Crippen LogP contribution in [0.5, 0.6) is 0 Å². The normalized spacial score (nSPS) is 15.6. The Morgan fingerprint density at radius 1 is 1.05 bits per heavy atom. The Kier molecular flexibility index (Phi) is 3.03. The topological polar surface area (TPSA) is 55.6 Å². The minimum atomic E-state index is 0.543. The van der Waals surface area contributed by atoms with Crippen molar-refractivity contribution < 1.29 is 0 Å². The molecule has 0 bridgehead atoms. The number of fused-ring (bicyclic) bond motifs is 1. The molecule has 0 spiro atoms. The molecule has 4 rings (SSSR count). The molecule has 1 aliphatic rings. The lowest BCUT2D eigenvalue weighted by atomic mass is 10.2. The van der Waals surface area contributed by atoms with Gasteiger partial charge in [-0.1, -0.05) is 31.0 Å². The Morgan fingerprint density at radius 3 is 2.67 bits per heavy atom. The fourth-order valence-electron chi connectivity index (χ4n) is 2.92. The first-order chi connectivity index (χ1) is 10.4. The first-order valence-corrected chi connectivity index (χ1v) is 7.43. The fourth-order valence-corrected chi connectivity index (χ4v) is 2.92. The van der Waals surface area contributed by atoms with E-state index >= 15 is 0 Å². The monoisotopic (exact) mass is 279 g/mol. The van der Waals surface area contributed by atoms with Crippen LogP contribution in [0, 0.1) is 0 Å². The molecule has 0 radical (unpaired) electrons. The van der Waals surface area contributed by atoms with Gasteiger partial charge in [0, 0.05) is 6.04 Å². The van der Waals surface area contributed by atoms with Gasteiger partial charge in [0.1, 0.15) is 11.3 Å². The van der Waals surface area contributed by atoms with Gasteiger partial charge in [-0.2, -0.15) is 5.10 Å². The zero-order valence-corrected chi connectivity index (χ0v) is 11.7. The maximum Gasteiger partial charge on any atom is 0.181 e. The molecular formula is C16H17N5. The van der Waals surface area contributed by atoms with Gasteiger partial charge >= 0.3 is 0 Å². The highest BCUT2D eigenvalue weighted by Gasteiger charge is 2.16. The first kappa shape index (κ1) is 12.3. The van der Waals surface area contributed by atoms with Gasteiger partial charge in [0.05, 0.1) is 18.1 Å². The van der Waals surface area contributed by atoms with E-state index in [0.717, 1.165) is 22.7 Å². The van der Waals surface area contributed by atoms with E-state index in [2.05, 4.69) is 20.4 Å². The molecule has 0 aliphatic heterocycles. The summed E-state index contributed by atoms with van der Waals surface area (Å²) in [6.07, 6.45) is 8.64. The summed E-state index contributed by atoms with van der Waals surface area (Å²) < 4.78 is 1.82. The summed E-state index contributed by atoms with van der Waals surface area (Å²) in [5.41, 5.74) is 2.61. The third-order valence-corrected chi connectivity index (χ3v) is 3.98. The minimum absolute atomic E-state index is 0.543. The lowest BCUT2D eigenvalue weighted by molar-refractivity contribution is 0.750. The summed E-state index contributed by atoms with van der Waals surface area (Å²) in [6.45, 7) is 0. The number of nitrogens with zero attached hydrogens (tertiary/aromatic N) is 4. The number of benzene rings is 1. The number of anilines is 1. The summed E-state index contributed by atoms with van der Waals surface area (Å²) in [5.74, 6) is 0.849. The Morgan fingerprint density at radius 2 is 1.86 bits per heavy atom. The lowest BCUT2D eigenvalue weighted by Gasteiger charge is -2.11. The van der Waals surface area contributed by atoms with Gasteiger partial charge in [-0.25, -0.2) is 14.6 Å². The smallest absolute Gasteiger partial charge is 0.181 e. The molecule has 106 valence electrons. The molecule has 2 aromatic heterocycles. The third-order valence-electron chi connectivity index (χ3n) is 3.98. The van der Waals surface area contributed by atoms with Crippen molar-refractivity contribution >= 4 is 17.0 Å². The first-order valence-electron chi connectivity index (χ1n) is 7.43. The molecule has 0 amide bonds. The Balaban J connectivity index is 1.67. The second-order valence-corrected chi connectivity index (χ2v) is 5.48. The predicted octanol–water partition coefficient (Wildman–Crippen LogP) is 3.17. The summed E-state index contributed by atoms with van der Waals surface area (Å²) in [5, 5.41) is 7.87. The molecular weight excluding hydrogens is 262 g/mol. The number of nitrogens with one attached hydrogen (secondary N) is 1. The van der Waals surface area contributed by atoms with Crippen molar-refractivity contribution in [1.82, 2.24) is 19.7 Å². The van der Waals surface area contributed by atoms with Crippen LogP contribution < -0.4 is 5.32 Å². The summed E-state index contributed by atoms with van der Waals surface area (Å²) in [4.78, 5) is 9.16. The highest BCUT2D eigenvalue weighted by Crippen LogP contribution is 2.22. The molecule has 1 aliphatic carbocycles. The van der Waals surface area contributed by atoms with Crippen molar-refractivity contribution in [3.63, 3.8) is 0 Å². The van der Waals surface area contributed by atoms with Crippen LogP contribution in [-0.2, 0) is 0 Å². The van der Waals surface area contributed by atoms with E-state index in [4.69, 9.17) is 0 Å². The van der Waals surface area contributed by atoms with Crippen molar-refractivity contribution in [3.05, 3.63) is 42.7 Å². The molecule has 0 saturated heterocycles. The molecule has 1 N–H and O–H groups in total. The summed E-state index contributed by atoms with van der Waals surface area (Å²) in [7, 11) is 0. The number of aromatic nitrogens is 4. The largest absolute Gasteiger partial charge is 0.366 e. The molecule has 5 heteroatoms. The summed E-state index contributed by atoms with van der Waals surface area (Å²) >= 11 is 0. The van der Waals surface area contributed by atoms with Crippen LogP contribution in [0.3, 0.4) is 0 Å². The van der Waals surface area contributed by atoms with Gasteiger partial charge in [0.2, 0.25) is 0 Å². The Bertz CT molecular complexity index is 744.